The maximum absolute atomic E-state index is 13.3. The Morgan fingerprint density at radius 3 is 2.63 bits per heavy atom. The molecule has 1 aromatic rings. The summed E-state index contributed by atoms with van der Waals surface area (Å²) in [5.41, 5.74) is 0.399. The van der Waals surface area contributed by atoms with Crippen LogP contribution in [0.25, 0.3) is 0 Å². The van der Waals surface area contributed by atoms with E-state index in [1.54, 1.807) is 25.1 Å². The minimum atomic E-state index is -0.902. The average Bonchev–Trinajstić information content (AvgIpc) is 2.34. The minimum Gasteiger partial charge on any atom is -0.481 e. The summed E-state index contributed by atoms with van der Waals surface area (Å²) in [6.45, 7) is 2.08. The second kappa shape index (κ2) is 7.35. The van der Waals surface area contributed by atoms with Gasteiger partial charge in [-0.3, -0.25) is 4.79 Å². The largest absolute Gasteiger partial charge is 0.481 e. The van der Waals surface area contributed by atoms with Crippen molar-refractivity contribution in [2.45, 2.75) is 19.9 Å². The zero-order chi connectivity index (χ0) is 14.3. The molecular weight excluding hydrogens is 251 g/mol. The van der Waals surface area contributed by atoms with Gasteiger partial charge in [-0.05, 0) is 12.0 Å². The summed E-state index contributed by atoms with van der Waals surface area (Å²) in [7, 11) is 0. The molecule has 2 amide bonds. The molecule has 0 heterocycles. The van der Waals surface area contributed by atoms with Crippen LogP contribution in [0.15, 0.2) is 24.3 Å². The number of hydrogen-bond acceptors (Lipinski definition) is 2. The number of halogens is 1. The molecule has 0 fully saturated rings. The minimum absolute atomic E-state index is 0.00636. The van der Waals surface area contributed by atoms with Crippen molar-refractivity contribution in [3.63, 3.8) is 0 Å². The fourth-order valence-corrected chi connectivity index (χ4v) is 1.52. The van der Waals surface area contributed by atoms with Gasteiger partial charge in [0.2, 0.25) is 0 Å². The predicted molar refractivity (Wildman–Crippen MR) is 68.1 cm³/mol. The number of aliphatic carboxylic acids is 1. The van der Waals surface area contributed by atoms with E-state index >= 15 is 0 Å². The van der Waals surface area contributed by atoms with Gasteiger partial charge in [0.25, 0.3) is 0 Å². The number of amides is 2. The average molecular weight is 268 g/mol. The van der Waals surface area contributed by atoms with E-state index in [1.165, 1.54) is 6.07 Å². The van der Waals surface area contributed by atoms with E-state index in [2.05, 4.69) is 10.6 Å². The number of nitrogens with one attached hydrogen (secondary N) is 2. The Labute approximate surface area is 110 Å². The number of carboxylic acids is 1. The van der Waals surface area contributed by atoms with E-state index in [9.17, 15) is 14.0 Å². The van der Waals surface area contributed by atoms with Crippen LogP contribution < -0.4 is 10.6 Å². The Bertz CT molecular complexity index is 451. The monoisotopic (exact) mass is 268 g/mol. The molecule has 0 radical (unpaired) electrons. The first-order valence-corrected chi connectivity index (χ1v) is 5.96. The Kier molecular flexibility index (Phi) is 5.78. The normalized spacial score (nSPS) is 11.7. The van der Waals surface area contributed by atoms with Crippen molar-refractivity contribution in [1.82, 2.24) is 10.6 Å². The molecule has 0 spiro atoms. The number of benzene rings is 1. The highest BCUT2D eigenvalue weighted by atomic mass is 19.1. The molecule has 0 aliphatic rings. The molecule has 0 aromatic heterocycles. The van der Waals surface area contributed by atoms with E-state index in [0.29, 0.717) is 5.56 Å². The Balaban J connectivity index is 2.29. The highest BCUT2D eigenvalue weighted by Crippen LogP contribution is 2.05. The van der Waals surface area contributed by atoms with Crippen molar-refractivity contribution in [3.05, 3.63) is 35.6 Å². The van der Waals surface area contributed by atoms with Crippen LogP contribution >= 0.6 is 0 Å². The first-order chi connectivity index (χ1) is 8.99. The standard InChI is InChI=1S/C13H17FN2O3/c1-9(6-12(17)18)7-15-13(19)16-8-10-4-2-3-5-11(10)14/h2-5,9H,6-8H2,1H3,(H,17,18)(H2,15,16,19). The number of hydrogen-bond donors (Lipinski definition) is 3. The lowest BCUT2D eigenvalue weighted by molar-refractivity contribution is -0.137. The Morgan fingerprint density at radius 1 is 1.32 bits per heavy atom. The summed E-state index contributed by atoms with van der Waals surface area (Å²) in [4.78, 5) is 21.9. The van der Waals surface area contributed by atoms with Crippen LogP contribution in [-0.2, 0) is 11.3 Å². The topological polar surface area (TPSA) is 78.4 Å². The number of urea groups is 1. The number of carbonyl (C=O) groups excluding carboxylic acids is 1. The van der Waals surface area contributed by atoms with Gasteiger partial charge in [0.05, 0.1) is 0 Å². The van der Waals surface area contributed by atoms with E-state index < -0.39 is 12.0 Å². The van der Waals surface area contributed by atoms with E-state index in [1.807, 2.05) is 0 Å². The molecule has 1 atom stereocenters. The van der Waals surface area contributed by atoms with Crippen molar-refractivity contribution in [2.24, 2.45) is 5.92 Å². The number of carboxylic acid groups (broad SMARTS) is 1. The quantitative estimate of drug-likeness (QED) is 0.735. The van der Waals surface area contributed by atoms with Gasteiger partial charge in [-0.25, -0.2) is 9.18 Å². The third-order valence-corrected chi connectivity index (χ3v) is 2.53. The van der Waals surface area contributed by atoms with Gasteiger partial charge >= 0.3 is 12.0 Å². The number of carbonyl (C=O) groups is 2. The molecular formula is C13H17FN2O3. The van der Waals surface area contributed by atoms with Crippen molar-refractivity contribution in [2.75, 3.05) is 6.54 Å². The smallest absolute Gasteiger partial charge is 0.315 e. The van der Waals surface area contributed by atoms with Gasteiger partial charge in [0.15, 0.2) is 0 Å². The molecule has 1 rings (SSSR count). The molecule has 104 valence electrons. The van der Waals surface area contributed by atoms with Gasteiger partial charge in [0, 0.05) is 25.1 Å². The molecule has 0 bridgehead atoms. The molecule has 0 aliphatic heterocycles. The van der Waals surface area contributed by atoms with Gasteiger partial charge in [0.1, 0.15) is 5.82 Å². The SMILES string of the molecule is CC(CNC(=O)NCc1ccccc1F)CC(=O)O. The third-order valence-electron chi connectivity index (χ3n) is 2.53. The van der Waals surface area contributed by atoms with Crippen LogP contribution in [-0.4, -0.2) is 23.7 Å². The van der Waals surface area contributed by atoms with E-state index in [4.69, 9.17) is 5.11 Å². The Hall–Kier alpha value is -2.11. The highest BCUT2D eigenvalue weighted by Gasteiger charge is 2.09. The van der Waals surface area contributed by atoms with Crippen LogP contribution in [0.1, 0.15) is 18.9 Å². The summed E-state index contributed by atoms with van der Waals surface area (Å²) in [6, 6.07) is 5.73. The third kappa shape index (κ3) is 5.85. The fourth-order valence-electron chi connectivity index (χ4n) is 1.52. The van der Waals surface area contributed by atoms with E-state index in [0.717, 1.165) is 0 Å². The lowest BCUT2D eigenvalue weighted by Gasteiger charge is -2.11. The van der Waals surface area contributed by atoms with Crippen molar-refractivity contribution < 1.29 is 19.1 Å². The van der Waals surface area contributed by atoms with Crippen LogP contribution in [0.2, 0.25) is 0 Å². The zero-order valence-corrected chi connectivity index (χ0v) is 10.6. The van der Waals surface area contributed by atoms with Crippen molar-refractivity contribution >= 4 is 12.0 Å². The molecule has 6 heteroatoms. The summed E-state index contributed by atoms with van der Waals surface area (Å²) in [6.07, 6.45) is -0.00636. The van der Waals surface area contributed by atoms with Gasteiger partial charge < -0.3 is 15.7 Å². The highest BCUT2D eigenvalue weighted by molar-refractivity contribution is 5.74. The molecule has 0 aliphatic carbocycles. The predicted octanol–water partition coefficient (Wildman–Crippen LogP) is 1.74. The van der Waals surface area contributed by atoms with Gasteiger partial charge in [-0.1, -0.05) is 25.1 Å². The second-order valence-electron chi connectivity index (χ2n) is 4.36. The summed E-state index contributed by atoms with van der Waals surface area (Å²) >= 11 is 0. The van der Waals surface area contributed by atoms with E-state index in [-0.39, 0.29) is 31.2 Å². The summed E-state index contributed by atoms with van der Waals surface area (Å²) in [5.74, 6) is -1.43. The zero-order valence-electron chi connectivity index (χ0n) is 10.6. The number of rotatable bonds is 6. The molecule has 5 nitrogen and oxygen atoms in total. The van der Waals surface area contributed by atoms with Crippen molar-refractivity contribution in [1.29, 1.82) is 0 Å². The van der Waals surface area contributed by atoms with Crippen LogP contribution in [0.3, 0.4) is 0 Å². The lowest BCUT2D eigenvalue weighted by Crippen LogP contribution is -2.37. The molecule has 19 heavy (non-hydrogen) atoms. The second-order valence-corrected chi connectivity index (χ2v) is 4.36. The molecule has 0 saturated heterocycles. The molecule has 3 N–H and O–H groups in total. The summed E-state index contributed by atoms with van der Waals surface area (Å²) in [5, 5.41) is 13.6. The summed E-state index contributed by atoms with van der Waals surface area (Å²) < 4.78 is 13.3. The molecule has 0 saturated carbocycles. The Morgan fingerprint density at radius 2 is 2.00 bits per heavy atom. The fraction of sp³-hybridized carbons (Fsp3) is 0.385. The van der Waals surface area contributed by atoms with Crippen LogP contribution in [0, 0.1) is 11.7 Å². The maximum atomic E-state index is 13.3. The lowest BCUT2D eigenvalue weighted by atomic mass is 10.1. The molecule has 1 unspecified atom stereocenters. The first kappa shape index (κ1) is 14.9. The maximum Gasteiger partial charge on any atom is 0.315 e. The first-order valence-electron chi connectivity index (χ1n) is 5.96. The molecule has 1 aromatic carbocycles. The van der Waals surface area contributed by atoms with Crippen LogP contribution in [0.5, 0.6) is 0 Å². The van der Waals surface area contributed by atoms with Gasteiger partial charge in [-0.15, -0.1) is 0 Å². The van der Waals surface area contributed by atoms with Gasteiger partial charge in [-0.2, -0.15) is 0 Å². The van der Waals surface area contributed by atoms with Crippen molar-refractivity contribution in [3.8, 4) is 0 Å². The van der Waals surface area contributed by atoms with Crippen LogP contribution in [0.4, 0.5) is 9.18 Å².